The Bertz CT molecular complexity index is 1210. The largest absolute Gasteiger partial charge is 0.477 e. The van der Waals surface area contributed by atoms with Crippen LogP contribution in [0.5, 0.6) is 0 Å². The molecule has 0 bridgehead atoms. The number of aryl methyl sites for hydroxylation is 1. The maximum atomic E-state index is 13.0. The van der Waals surface area contributed by atoms with Crippen LogP contribution in [0.3, 0.4) is 0 Å². The topological polar surface area (TPSA) is 113 Å². The Morgan fingerprint density at radius 1 is 1.20 bits per heavy atom. The molecular formula is C23H18N2O5. The summed E-state index contributed by atoms with van der Waals surface area (Å²) in [5.74, 6) is -1.51. The van der Waals surface area contributed by atoms with Crippen LogP contribution in [-0.4, -0.2) is 32.8 Å². The molecule has 2 aromatic heterocycles. The van der Waals surface area contributed by atoms with Gasteiger partial charge in [-0.3, -0.25) is 9.59 Å². The van der Waals surface area contributed by atoms with Crippen molar-refractivity contribution in [2.75, 3.05) is 0 Å². The molecule has 150 valence electrons. The SMILES string of the molecule is Cc1onc(C2=CC=C(Cc3ccccc3)CC2=O)c1C(=O)c1c[nH]c(C(=O)O)c1. The quantitative estimate of drug-likeness (QED) is 0.607. The van der Waals surface area contributed by atoms with Crippen molar-refractivity contribution in [3.63, 3.8) is 0 Å². The first kappa shape index (κ1) is 19.3. The highest BCUT2D eigenvalue weighted by Gasteiger charge is 2.29. The number of carboxylic acid groups (broad SMARTS) is 1. The minimum atomic E-state index is -1.17. The smallest absolute Gasteiger partial charge is 0.352 e. The van der Waals surface area contributed by atoms with Crippen LogP contribution in [0.2, 0.25) is 0 Å². The number of Topliss-reactive ketones (excluding diaryl/α,β-unsaturated/α-hetero) is 1. The molecule has 0 radical (unpaired) electrons. The van der Waals surface area contributed by atoms with E-state index in [1.807, 2.05) is 36.4 Å². The zero-order valence-corrected chi connectivity index (χ0v) is 16.1. The molecule has 0 unspecified atom stereocenters. The highest BCUT2D eigenvalue weighted by Crippen LogP contribution is 2.30. The molecule has 0 saturated carbocycles. The van der Waals surface area contributed by atoms with Gasteiger partial charge in [-0.05, 0) is 31.1 Å². The second kappa shape index (κ2) is 7.79. The normalized spacial score (nSPS) is 13.7. The van der Waals surface area contributed by atoms with Gasteiger partial charge in [0.05, 0.1) is 5.56 Å². The van der Waals surface area contributed by atoms with Crippen LogP contribution in [-0.2, 0) is 11.2 Å². The van der Waals surface area contributed by atoms with Crippen molar-refractivity contribution < 1.29 is 24.0 Å². The van der Waals surface area contributed by atoms with E-state index in [1.165, 1.54) is 12.3 Å². The van der Waals surface area contributed by atoms with Gasteiger partial charge in [0.25, 0.3) is 0 Å². The Hall–Kier alpha value is -4.00. The van der Waals surface area contributed by atoms with E-state index in [0.717, 1.165) is 11.1 Å². The average Bonchev–Trinajstić information content (AvgIpc) is 3.36. The molecule has 4 rings (SSSR count). The van der Waals surface area contributed by atoms with E-state index in [1.54, 1.807) is 13.0 Å². The first-order valence-electron chi connectivity index (χ1n) is 9.34. The molecule has 1 aromatic carbocycles. The summed E-state index contributed by atoms with van der Waals surface area (Å²) in [4.78, 5) is 39.4. The van der Waals surface area contributed by atoms with E-state index < -0.39 is 11.8 Å². The summed E-state index contributed by atoms with van der Waals surface area (Å²) in [6.07, 6.45) is 5.75. The van der Waals surface area contributed by atoms with Crippen LogP contribution in [0, 0.1) is 6.92 Å². The number of carboxylic acids is 1. The molecule has 1 aliphatic carbocycles. The average molecular weight is 402 g/mol. The van der Waals surface area contributed by atoms with E-state index >= 15 is 0 Å². The number of nitrogens with one attached hydrogen (secondary N) is 1. The Labute approximate surface area is 171 Å². The first-order valence-corrected chi connectivity index (χ1v) is 9.34. The molecule has 2 N–H and O–H groups in total. The lowest BCUT2D eigenvalue weighted by atomic mass is 9.89. The molecule has 0 spiro atoms. The molecule has 0 fully saturated rings. The van der Waals surface area contributed by atoms with E-state index in [9.17, 15) is 14.4 Å². The summed E-state index contributed by atoms with van der Waals surface area (Å²) in [5, 5.41) is 13.0. The molecule has 1 aliphatic rings. The second-order valence-corrected chi connectivity index (χ2v) is 7.07. The molecule has 3 aromatic rings. The van der Waals surface area contributed by atoms with Gasteiger partial charge in [-0.15, -0.1) is 0 Å². The van der Waals surface area contributed by atoms with Gasteiger partial charge in [0, 0.05) is 23.8 Å². The number of aromatic nitrogens is 2. The van der Waals surface area contributed by atoms with Crippen molar-refractivity contribution in [2.24, 2.45) is 0 Å². The maximum absolute atomic E-state index is 13.0. The molecule has 2 heterocycles. The van der Waals surface area contributed by atoms with E-state index in [0.29, 0.717) is 12.0 Å². The summed E-state index contributed by atoms with van der Waals surface area (Å²) in [5.41, 5.74) is 2.78. The Kier molecular flexibility index (Phi) is 5.02. The fourth-order valence-corrected chi connectivity index (χ4v) is 3.46. The highest BCUT2D eigenvalue weighted by molar-refractivity contribution is 6.25. The van der Waals surface area contributed by atoms with E-state index in [-0.39, 0.29) is 40.5 Å². The standard InChI is InChI=1S/C23H18N2O5/c1-13-20(22(27)16-11-18(23(28)29)24-12-16)21(25-30-13)17-8-7-15(10-19(17)26)9-14-5-3-2-4-6-14/h2-8,11-12,24H,9-10H2,1H3,(H,28,29). The zero-order chi connectivity index (χ0) is 21.3. The minimum Gasteiger partial charge on any atom is -0.477 e. The van der Waals surface area contributed by atoms with Crippen molar-refractivity contribution in [3.8, 4) is 0 Å². The van der Waals surface area contributed by atoms with Crippen LogP contribution in [0.25, 0.3) is 5.57 Å². The number of hydrogen-bond donors (Lipinski definition) is 2. The van der Waals surface area contributed by atoms with Gasteiger partial charge in [0.15, 0.2) is 11.6 Å². The van der Waals surface area contributed by atoms with E-state index in [2.05, 4.69) is 10.1 Å². The fraction of sp³-hybridized carbons (Fsp3) is 0.130. The summed E-state index contributed by atoms with van der Waals surface area (Å²) >= 11 is 0. The van der Waals surface area contributed by atoms with Gasteiger partial charge in [0.1, 0.15) is 17.1 Å². The first-order chi connectivity index (χ1) is 14.4. The number of nitrogens with zero attached hydrogens (tertiary/aromatic N) is 1. The molecule has 0 amide bonds. The molecule has 0 saturated heterocycles. The third-order valence-electron chi connectivity index (χ3n) is 4.97. The Balaban J connectivity index is 1.65. The summed E-state index contributed by atoms with van der Waals surface area (Å²) < 4.78 is 5.21. The molecule has 0 aliphatic heterocycles. The summed E-state index contributed by atoms with van der Waals surface area (Å²) in [6, 6.07) is 11.1. The summed E-state index contributed by atoms with van der Waals surface area (Å²) in [7, 11) is 0. The number of ketones is 2. The second-order valence-electron chi connectivity index (χ2n) is 7.07. The number of carbonyl (C=O) groups excluding carboxylic acids is 2. The maximum Gasteiger partial charge on any atom is 0.352 e. The molecular weight excluding hydrogens is 384 g/mol. The van der Waals surface area contributed by atoms with Crippen LogP contribution < -0.4 is 0 Å². The molecule has 0 atom stereocenters. The number of carbonyl (C=O) groups is 3. The van der Waals surface area contributed by atoms with Gasteiger partial charge in [-0.25, -0.2) is 4.79 Å². The number of benzene rings is 1. The zero-order valence-electron chi connectivity index (χ0n) is 16.1. The van der Waals surface area contributed by atoms with Crippen LogP contribution in [0.15, 0.2) is 64.8 Å². The van der Waals surface area contributed by atoms with Crippen molar-refractivity contribution in [2.45, 2.75) is 19.8 Å². The van der Waals surface area contributed by atoms with Gasteiger partial charge in [0.2, 0.25) is 0 Å². The third-order valence-corrected chi connectivity index (χ3v) is 4.97. The lowest BCUT2D eigenvalue weighted by Crippen LogP contribution is -2.12. The lowest BCUT2D eigenvalue weighted by Gasteiger charge is -2.13. The van der Waals surface area contributed by atoms with Crippen LogP contribution >= 0.6 is 0 Å². The van der Waals surface area contributed by atoms with Crippen molar-refractivity contribution >= 4 is 23.1 Å². The molecule has 30 heavy (non-hydrogen) atoms. The summed E-state index contributed by atoms with van der Waals surface area (Å²) in [6.45, 7) is 1.58. The Morgan fingerprint density at radius 3 is 2.63 bits per heavy atom. The number of aromatic amines is 1. The number of allylic oxidation sites excluding steroid dienone is 4. The lowest BCUT2D eigenvalue weighted by molar-refractivity contribution is -0.113. The fourth-order valence-electron chi connectivity index (χ4n) is 3.46. The molecule has 7 nitrogen and oxygen atoms in total. The highest BCUT2D eigenvalue weighted by atomic mass is 16.5. The van der Waals surface area contributed by atoms with Crippen LogP contribution in [0.4, 0.5) is 0 Å². The van der Waals surface area contributed by atoms with Gasteiger partial charge in [-0.1, -0.05) is 47.1 Å². The van der Waals surface area contributed by atoms with Gasteiger partial charge < -0.3 is 14.6 Å². The Morgan fingerprint density at radius 2 is 1.97 bits per heavy atom. The number of aromatic carboxylic acids is 1. The number of hydrogen-bond acceptors (Lipinski definition) is 5. The minimum absolute atomic E-state index is 0.101. The van der Waals surface area contributed by atoms with Crippen molar-refractivity contribution in [1.29, 1.82) is 0 Å². The number of H-pyrrole nitrogens is 1. The number of rotatable bonds is 6. The van der Waals surface area contributed by atoms with Gasteiger partial charge >= 0.3 is 5.97 Å². The van der Waals surface area contributed by atoms with Crippen molar-refractivity contribution in [3.05, 3.63) is 94.2 Å². The van der Waals surface area contributed by atoms with Crippen LogP contribution in [0.1, 0.15) is 49.8 Å². The van der Waals surface area contributed by atoms with E-state index in [4.69, 9.17) is 9.63 Å². The van der Waals surface area contributed by atoms with Crippen molar-refractivity contribution in [1.82, 2.24) is 10.1 Å². The third kappa shape index (κ3) is 3.65. The molecule has 7 heteroatoms. The van der Waals surface area contributed by atoms with Gasteiger partial charge in [-0.2, -0.15) is 0 Å². The monoisotopic (exact) mass is 402 g/mol. The predicted molar refractivity (Wildman–Crippen MR) is 108 cm³/mol. The predicted octanol–water partition coefficient (Wildman–Crippen LogP) is 3.77.